The maximum atomic E-state index is 13.7. The van der Waals surface area contributed by atoms with Crippen LogP contribution in [0.3, 0.4) is 0 Å². The number of sulfone groups is 1. The minimum absolute atomic E-state index is 0.0538. The first-order chi connectivity index (χ1) is 15.4. The minimum atomic E-state index is -5.82. The highest BCUT2D eigenvalue weighted by Gasteiger charge is 2.60. The molecule has 1 amide bonds. The molecule has 33 heavy (non-hydrogen) atoms. The van der Waals surface area contributed by atoms with Crippen LogP contribution < -0.4 is 4.90 Å². The number of rotatable bonds is 5. The number of thiophene rings is 1. The Labute approximate surface area is 187 Å². The molecular weight excluding hydrogens is 491 g/mol. The molecular formula is C19H13F5N4O3S2. The Hall–Kier alpha value is -3.00. The smallest absolute Gasteiger partial charge is 0.286 e. The van der Waals surface area contributed by atoms with E-state index in [2.05, 4.69) is 15.0 Å². The lowest BCUT2D eigenvalue weighted by Crippen LogP contribution is -2.33. The number of pyridine rings is 1. The van der Waals surface area contributed by atoms with Gasteiger partial charge in [0, 0.05) is 17.3 Å². The van der Waals surface area contributed by atoms with E-state index in [1.54, 1.807) is 6.07 Å². The molecule has 0 spiro atoms. The van der Waals surface area contributed by atoms with Gasteiger partial charge in [0.15, 0.2) is 21.5 Å². The number of hydrogen-bond acceptors (Lipinski definition) is 7. The topological polar surface area (TPSA) is 93.1 Å². The standard InChI is InChI=1S/C19H13F5N4O3S2/c1-2-33(30,31)13-5-4-11(15-25-6-3-7-26-15)27-16(13)28-9-12-10(17(28)29)8-14(32-12)18(20,21)19(22,23)24/h3-8H,2,9H2,1H3. The number of carbonyl (C=O) groups is 1. The van der Waals surface area contributed by atoms with E-state index < -0.39 is 39.3 Å². The van der Waals surface area contributed by atoms with E-state index in [0.717, 1.165) is 4.90 Å². The van der Waals surface area contributed by atoms with Gasteiger partial charge in [0.25, 0.3) is 5.91 Å². The Morgan fingerprint density at radius 3 is 2.36 bits per heavy atom. The number of halogens is 5. The van der Waals surface area contributed by atoms with Crippen LogP contribution in [0.5, 0.6) is 0 Å². The summed E-state index contributed by atoms with van der Waals surface area (Å²) in [7, 11) is -3.87. The molecule has 4 heterocycles. The van der Waals surface area contributed by atoms with Crippen molar-refractivity contribution < 1.29 is 35.2 Å². The van der Waals surface area contributed by atoms with E-state index in [4.69, 9.17) is 0 Å². The van der Waals surface area contributed by atoms with Crippen LogP contribution in [0.25, 0.3) is 11.5 Å². The Morgan fingerprint density at radius 1 is 1.12 bits per heavy atom. The van der Waals surface area contributed by atoms with Gasteiger partial charge in [0.2, 0.25) is 0 Å². The minimum Gasteiger partial charge on any atom is -0.286 e. The predicted molar refractivity (Wildman–Crippen MR) is 108 cm³/mol. The van der Waals surface area contributed by atoms with E-state index in [1.807, 2.05) is 0 Å². The first kappa shape index (κ1) is 23.2. The molecule has 4 rings (SSSR count). The number of amides is 1. The second-order valence-corrected chi connectivity index (χ2v) is 10.3. The van der Waals surface area contributed by atoms with Gasteiger partial charge in [-0.3, -0.25) is 9.69 Å². The van der Waals surface area contributed by atoms with Crippen LogP contribution >= 0.6 is 11.3 Å². The molecule has 0 bridgehead atoms. The summed E-state index contributed by atoms with van der Waals surface area (Å²) in [6.45, 7) is 0.979. The predicted octanol–water partition coefficient (Wildman–Crippen LogP) is 4.21. The van der Waals surface area contributed by atoms with Gasteiger partial charge in [-0.05, 0) is 24.3 Å². The summed E-state index contributed by atoms with van der Waals surface area (Å²) in [4.78, 5) is 24.5. The molecule has 3 aromatic rings. The summed E-state index contributed by atoms with van der Waals surface area (Å²) >= 11 is 0.143. The SMILES string of the molecule is CCS(=O)(=O)c1ccc(-c2ncccn2)nc1N1Cc2sc(C(F)(F)C(F)(F)F)cc2C1=O. The quantitative estimate of drug-likeness (QED) is 0.484. The van der Waals surface area contributed by atoms with Gasteiger partial charge in [-0.1, -0.05) is 6.92 Å². The van der Waals surface area contributed by atoms with Crippen LogP contribution in [0, 0.1) is 0 Å². The van der Waals surface area contributed by atoms with Gasteiger partial charge in [0.05, 0.1) is 22.7 Å². The highest BCUT2D eigenvalue weighted by atomic mass is 32.2. The van der Waals surface area contributed by atoms with E-state index in [0.29, 0.717) is 6.07 Å². The largest absolute Gasteiger partial charge is 0.458 e. The lowest BCUT2D eigenvalue weighted by Gasteiger charge is -2.20. The second-order valence-electron chi connectivity index (χ2n) is 6.91. The average molecular weight is 504 g/mol. The number of nitrogens with zero attached hydrogens (tertiary/aromatic N) is 4. The molecule has 0 atom stereocenters. The third-order valence-electron chi connectivity index (χ3n) is 4.86. The summed E-state index contributed by atoms with van der Waals surface area (Å²) in [5, 5.41) is 0. The van der Waals surface area contributed by atoms with Crippen molar-refractivity contribution in [3.8, 4) is 11.5 Å². The van der Waals surface area contributed by atoms with Crippen molar-refractivity contribution in [3.05, 3.63) is 52.0 Å². The number of fused-ring (bicyclic) bond motifs is 1. The second kappa shape index (κ2) is 7.80. The normalized spacial score (nSPS) is 14.6. The molecule has 7 nitrogen and oxygen atoms in total. The number of anilines is 1. The van der Waals surface area contributed by atoms with E-state index >= 15 is 0 Å². The highest BCUT2D eigenvalue weighted by Crippen LogP contribution is 2.48. The number of carbonyl (C=O) groups excluding carboxylic acids is 1. The van der Waals surface area contributed by atoms with Crippen molar-refractivity contribution in [1.82, 2.24) is 15.0 Å². The van der Waals surface area contributed by atoms with Crippen LogP contribution in [0.1, 0.15) is 27.0 Å². The summed E-state index contributed by atoms with van der Waals surface area (Å²) in [6.07, 6.45) is -2.95. The number of hydrogen-bond donors (Lipinski definition) is 0. The summed E-state index contributed by atoms with van der Waals surface area (Å²) in [5.41, 5.74) is -0.213. The first-order valence-corrected chi connectivity index (χ1v) is 11.7. The van der Waals surface area contributed by atoms with Crippen molar-refractivity contribution >= 4 is 32.9 Å². The monoisotopic (exact) mass is 504 g/mol. The zero-order valence-corrected chi connectivity index (χ0v) is 18.2. The molecule has 0 aromatic carbocycles. The van der Waals surface area contributed by atoms with Crippen LogP contribution in [0.4, 0.5) is 27.8 Å². The lowest BCUT2D eigenvalue weighted by atomic mass is 10.2. The lowest BCUT2D eigenvalue weighted by molar-refractivity contribution is -0.287. The van der Waals surface area contributed by atoms with Crippen molar-refractivity contribution in [2.75, 3.05) is 10.7 Å². The zero-order valence-electron chi connectivity index (χ0n) is 16.6. The Balaban J connectivity index is 1.79. The molecule has 0 unspecified atom stereocenters. The Morgan fingerprint density at radius 2 is 1.79 bits per heavy atom. The number of aromatic nitrogens is 3. The molecule has 0 radical (unpaired) electrons. The van der Waals surface area contributed by atoms with E-state index in [1.165, 1.54) is 31.5 Å². The van der Waals surface area contributed by atoms with Crippen molar-refractivity contribution in [2.45, 2.75) is 30.5 Å². The zero-order chi connectivity index (χ0) is 24.2. The van der Waals surface area contributed by atoms with Gasteiger partial charge in [-0.25, -0.2) is 23.4 Å². The molecule has 3 aromatic heterocycles. The van der Waals surface area contributed by atoms with Crippen LogP contribution in [-0.4, -0.2) is 41.2 Å². The van der Waals surface area contributed by atoms with Gasteiger partial charge in [-0.15, -0.1) is 11.3 Å². The maximum Gasteiger partial charge on any atom is 0.458 e. The van der Waals surface area contributed by atoms with Gasteiger partial charge < -0.3 is 0 Å². The third kappa shape index (κ3) is 3.86. The summed E-state index contributed by atoms with van der Waals surface area (Å²) in [5.74, 6) is -6.50. The Kier molecular flexibility index (Phi) is 5.47. The average Bonchev–Trinajstić information content (AvgIpc) is 3.33. The van der Waals surface area contributed by atoms with Crippen LogP contribution in [-0.2, 0) is 22.3 Å². The highest BCUT2D eigenvalue weighted by molar-refractivity contribution is 7.91. The molecule has 0 N–H and O–H groups in total. The molecule has 0 saturated heterocycles. The van der Waals surface area contributed by atoms with Gasteiger partial charge in [-0.2, -0.15) is 22.0 Å². The van der Waals surface area contributed by atoms with Gasteiger partial charge >= 0.3 is 12.1 Å². The van der Waals surface area contributed by atoms with Gasteiger partial charge in [0.1, 0.15) is 10.6 Å². The fourth-order valence-corrected chi connectivity index (χ4v) is 5.29. The molecule has 174 valence electrons. The fourth-order valence-electron chi connectivity index (χ4n) is 3.14. The molecule has 0 aliphatic carbocycles. The summed E-state index contributed by atoms with van der Waals surface area (Å²) in [6, 6.07) is 4.64. The molecule has 0 saturated carbocycles. The molecule has 14 heteroatoms. The third-order valence-corrected chi connectivity index (χ3v) is 7.80. The fraction of sp³-hybridized carbons (Fsp3) is 0.263. The van der Waals surface area contributed by atoms with Crippen LogP contribution in [0.2, 0.25) is 0 Å². The van der Waals surface area contributed by atoms with E-state index in [-0.39, 0.29) is 49.8 Å². The molecule has 1 aliphatic heterocycles. The van der Waals surface area contributed by atoms with Crippen LogP contribution in [0.15, 0.2) is 41.6 Å². The van der Waals surface area contributed by atoms with Crippen molar-refractivity contribution in [1.29, 1.82) is 0 Å². The van der Waals surface area contributed by atoms with Crippen molar-refractivity contribution in [2.24, 2.45) is 0 Å². The maximum absolute atomic E-state index is 13.7. The molecule has 0 fully saturated rings. The molecule has 1 aliphatic rings. The number of alkyl halides is 5. The van der Waals surface area contributed by atoms with E-state index in [9.17, 15) is 35.2 Å². The summed E-state index contributed by atoms with van der Waals surface area (Å²) < 4.78 is 90.8. The van der Waals surface area contributed by atoms with Crippen molar-refractivity contribution in [3.63, 3.8) is 0 Å². The first-order valence-electron chi connectivity index (χ1n) is 9.27. The Bertz CT molecular complexity index is 1340.